The van der Waals surface area contributed by atoms with Crippen molar-refractivity contribution in [1.82, 2.24) is 20.1 Å². The van der Waals surface area contributed by atoms with Gasteiger partial charge in [-0.15, -0.1) is 22.7 Å². The van der Waals surface area contributed by atoms with Gasteiger partial charge in [0.25, 0.3) is 0 Å². The van der Waals surface area contributed by atoms with E-state index in [1.54, 1.807) is 33.4 Å². The molecule has 0 bridgehead atoms. The van der Waals surface area contributed by atoms with E-state index in [2.05, 4.69) is 15.6 Å². The van der Waals surface area contributed by atoms with Gasteiger partial charge in [-0.2, -0.15) is 0 Å². The molecule has 3 heterocycles. The minimum absolute atomic E-state index is 0.114. The van der Waals surface area contributed by atoms with E-state index >= 15 is 0 Å². The van der Waals surface area contributed by atoms with Crippen molar-refractivity contribution in [2.24, 2.45) is 0 Å². The van der Waals surface area contributed by atoms with Crippen molar-refractivity contribution in [2.75, 3.05) is 38.1 Å². The molecule has 1 saturated heterocycles. The van der Waals surface area contributed by atoms with Crippen LogP contribution in [0.3, 0.4) is 0 Å². The zero-order valence-electron chi connectivity index (χ0n) is 16.1. The Morgan fingerprint density at radius 2 is 1.93 bits per heavy atom. The van der Waals surface area contributed by atoms with Gasteiger partial charge in [0.05, 0.1) is 25.3 Å². The molecule has 4 amide bonds. The summed E-state index contributed by atoms with van der Waals surface area (Å²) in [6.07, 6.45) is -0.190. The number of hydrogen-bond acceptors (Lipinski definition) is 7. The van der Waals surface area contributed by atoms with Gasteiger partial charge in [-0.1, -0.05) is 6.07 Å². The number of nitrogens with zero attached hydrogens (tertiary/aromatic N) is 3. The van der Waals surface area contributed by atoms with Crippen molar-refractivity contribution in [3.63, 3.8) is 0 Å². The first-order valence-corrected chi connectivity index (χ1v) is 11.0. The van der Waals surface area contributed by atoms with Crippen LogP contribution >= 0.6 is 22.7 Å². The maximum absolute atomic E-state index is 12.4. The summed E-state index contributed by atoms with van der Waals surface area (Å²) in [5, 5.41) is 9.79. The number of nitrogens with one attached hydrogen (secondary N) is 2. The number of carbonyl (C=O) groups is 3. The lowest BCUT2D eigenvalue weighted by Crippen LogP contribution is -2.51. The van der Waals surface area contributed by atoms with Crippen molar-refractivity contribution >= 4 is 45.8 Å². The minimum atomic E-state index is -0.352. The lowest BCUT2D eigenvalue weighted by Gasteiger charge is -2.33. The van der Waals surface area contributed by atoms with Gasteiger partial charge in [-0.25, -0.2) is 14.6 Å². The number of anilines is 1. The maximum atomic E-state index is 12.4. The average Bonchev–Trinajstić information content (AvgIpc) is 3.39. The quantitative estimate of drug-likeness (QED) is 0.722. The lowest BCUT2D eigenvalue weighted by atomic mass is 10.3. The van der Waals surface area contributed by atoms with Crippen LogP contribution in [0, 0.1) is 0 Å². The molecular formula is C18H23N5O4S2. The van der Waals surface area contributed by atoms with Crippen molar-refractivity contribution in [2.45, 2.75) is 19.9 Å². The Morgan fingerprint density at radius 3 is 2.62 bits per heavy atom. The van der Waals surface area contributed by atoms with Crippen molar-refractivity contribution < 1.29 is 19.1 Å². The SMILES string of the molecule is CCOC(=O)N1CCN(C(=O)Nc2nc(CC(=O)NCc3cccs3)cs2)CC1. The highest BCUT2D eigenvalue weighted by atomic mass is 32.1. The van der Waals surface area contributed by atoms with E-state index < -0.39 is 0 Å². The van der Waals surface area contributed by atoms with E-state index in [1.807, 2.05) is 17.5 Å². The molecule has 1 fully saturated rings. The zero-order chi connectivity index (χ0) is 20.6. The van der Waals surface area contributed by atoms with Crippen LogP contribution in [0.25, 0.3) is 0 Å². The van der Waals surface area contributed by atoms with Gasteiger partial charge in [-0.05, 0) is 18.4 Å². The van der Waals surface area contributed by atoms with Crippen LogP contribution in [0.1, 0.15) is 17.5 Å². The molecule has 9 nitrogen and oxygen atoms in total. The summed E-state index contributed by atoms with van der Waals surface area (Å²) in [6.45, 7) is 4.30. The summed E-state index contributed by atoms with van der Waals surface area (Å²) in [7, 11) is 0. The van der Waals surface area contributed by atoms with E-state index in [9.17, 15) is 14.4 Å². The number of ether oxygens (including phenoxy) is 1. The fraction of sp³-hybridized carbons (Fsp3) is 0.444. The van der Waals surface area contributed by atoms with Crippen LogP contribution in [-0.2, 0) is 22.5 Å². The number of piperazine rings is 1. The van der Waals surface area contributed by atoms with Crippen LogP contribution in [-0.4, -0.2) is 65.6 Å². The topological polar surface area (TPSA) is 104 Å². The molecule has 0 radical (unpaired) electrons. The highest BCUT2D eigenvalue weighted by Crippen LogP contribution is 2.17. The Bertz CT molecular complexity index is 831. The highest BCUT2D eigenvalue weighted by molar-refractivity contribution is 7.14. The number of carbonyl (C=O) groups excluding carboxylic acids is 3. The van der Waals surface area contributed by atoms with Crippen LogP contribution < -0.4 is 10.6 Å². The van der Waals surface area contributed by atoms with Crippen LogP contribution in [0.5, 0.6) is 0 Å². The minimum Gasteiger partial charge on any atom is -0.450 e. The first-order valence-electron chi connectivity index (χ1n) is 9.26. The highest BCUT2D eigenvalue weighted by Gasteiger charge is 2.25. The van der Waals surface area contributed by atoms with E-state index in [-0.39, 0.29) is 24.5 Å². The molecular weight excluding hydrogens is 414 g/mol. The third-order valence-corrected chi connectivity index (χ3v) is 5.92. The first-order chi connectivity index (χ1) is 14.0. The maximum Gasteiger partial charge on any atom is 0.409 e. The lowest BCUT2D eigenvalue weighted by molar-refractivity contribution is -0.120. The van der Waals surface area contributed by atoms with Gasteiger partial charge >= 0.3 is 12.1 Å². The second-order valence-corrected chi connectivity index (χ2v) is 8.17. The molecule has 0 unspecified atom stereocenters. The molecule has 29 heavy (non-hydrogen) atoms. The standard InChI is InChI=1S/C18H23N5O4S2/c1-2-27-18(26)23-7-5-22(6-8-23)17(25)21-16-20-13(12-29-16)10-15(24)19-11-14-4-3-9-28-14/h3-4,9,12H,2,5-8,10-11H2,1H3,(H,19,24)(H,20,21,25). The number of rotatable bonds is 6. The number of amides is 4. The van der Waals surface area contributed by atoms with Gasteiger partial charge in [0.1, 0.15) is 0 Å². The Balaban J connectivity index is 1.42. The van der Waals surface area contributed by atoms with E-state index in [1.165, 1.54) is 11.3 Å². The van der Waals surface area contributed by atoms with Gasteiger partial charge in [-0.3, -0.25) is 10.1 Å². The fourth-order valence-corrected chi connectivity index (χ4v) is 4.09. The second kappa shape index (κ2) is 10.2. The normalized spacial score (nSPS) is 13.8. The third-order valence-electron chi connectivity index (χ3n) is 4.24. The Labute approximate surface area is 176 Å². The van der Waals surface area contributed by atoms with E-state index in [0.29, 0.717) is 50.2 Å². The van der Waals surface area contributed by atoms with Crippen LogP contribution in [0.15, 0.2) is 22.9 Å². The Kier molecular flexibility index (Phi) is 7.42. The second-order valence-electron chi connectivity index (χ2n) is 6.28. The number of thiazole rings is 1. The summed E-state index contributed by atoms with van der Waals surface area (Å²) in [4.78, 5) is 44.8. The largest absolute Gasteiger partial charge is 0.450 e. The van der Waals surface area contributed by atoms with Gasteiger partial charge in [0.15, 0.2) is 5.13 Å². The Hall–Kier alpha value is -2.66. The number of urea groups is 1. The molecule has 0 spiro atoms. The molecule has 1 aliphatic heterocycles. The predicted octanol–water partition coefficient (Wildman–Crippen LogP) is 2.37. The summed E-state index contributed by atoms with van der Waals surface area (Å²) in [5.41, 5.74) is 0.612. The molecule has 0 saturated carbocycles. The predicted molar refractivity (Wildman–Crippen MR) is 111 cm³/mol. The molecule has 11 heteroatoms. The van der Waals surface area contributed by atoms with E-state index in [0.717, 1.165) is 4.88 Å². The third kappa shape index (κ3) is 6.16. The van der Waals surface area contributed by atoms with Crippen LogP contribution in [0.4, 0.5) is 14.7 Å². The smallest absolute Gasteiger partial charge is 0.409 e. The summed E-state index contributed by atoms with van der Waals surface area (Å²) < 4.78 is 4.97. The van der Waals surface area contributed by atoms with E-state index in [4.69, 9.17) is 4.74 Å². The monoisotopic (exact) mass is 437 g/mol. The molecule has 3 rings (SSSR count). The number of hydrogen-bond donors (Lipinski definition) is 2. The molecule has 0 aromatic carbocycles. The molecule has 2 N–H and O–H groups in total. The van der Waals surface area contributed by atoms with Crippen molar-refractivity contribution in [3.05, 3.63) is 33.5 Å². The molecule has 1 aliphatic rings. The number of aromatic nitrogens is 1. The van der Waals surface area contributed by atoms with Crippen LogP contribution in [0.2, 0.25) is 0 Å². The van der Waals surface area contributed by atoms with Gasteiger partial charge in [0, 0.05) is 36.4 Å². The Morgan fingerprint density at radius 1 is 1.17 bits per heavy atom. The van der Waals surface area contributed by atoms with Gasteiger partial charge in [0.2, 0.25) is 5.91 Å². The summed E-state index contributed by atoms with van der Waals surface area (Å²) >= 11 is 2.87. The average molecular weight is 438 g/mol. The molecule has 0 atom stereocenters. The van der Waals surface area contributed by atoms with Crippen molar-refractivity contribution in [3.8, 4) is 0 Å². The zero-order valence-corrected chi connectivity index (χ0v) is 17.7. The molecule has 2 aromatic heterocycles. The summed E-state index contributed by atoms with van der Waals surface area (Å²) in [5.74, 6) is -0.114. The number of thiophene rings is 1. The molecule has 0 aliphatic carbocycles. The first kappa shape index (κ1) is 21.1. The molecule has 2 aromatic rings. The fourth-order valence-electron chi connectivity index (χ4n) is 2.75. The van der Waals surface area contributed by atoms with Gasteiger partial charge < -0.3 is 19.9 Å². The summed E-state index contributed by atoms with van der Waals surface area (Å²) in [6, 6.07) is 3.64. The van der Waals surface area contributed by atoms with Crippen molar-refractivity contribution in [1.29, 1.82) is 0 Å². The molecule has 156 valence electrons.